The van der Waals surface area contributed by atoms with Crippen molar-refractivity contribution in [2.24, 2.45) is 0 Å². The van der Waals surface area contributed by atoms with Crippen LogP contribution in [0.15, 0.2) is 12.4 Å². The lowest BCUT2D eigenvalue weighted by atomic mass is 9.91. The van der Waals surface area contributed by atoms with Crippen molar-refractivity contribution in [3.8, 4) is 11.3 Å². The number of nitrogens with one attached hydrogen (secondary N) is 3. The van der Waals surface area contributed by atoms with E-state index in [0.29, 0.717) is 12.1 Å². The number of anilines is 1. The van der Waals surface area contributed by atoms with Gasteiger partial charge in [-0.1, -0.05) is 6.92 Å². The fraction of sp³-hybridized carbons (Fsp3) is 0.636. The Kier molecular flexibility index (Phi) is 6.00. The Hall–Kier alpha value is -2.13. The maximum absolute atomic E-state index is 13.8. The Morgan fingerprint density at radius 2 is 2.13 bits per heavy atom. The van der Waals surface area contributed by atoms with Gasteiger partial charge >= 0.3 is 6.18 Å². The van der Waals surface area contributed by atoms with E-state index < -0.39 is 11.7 Å². The van der Waals surface area contributed by atoms with E-state index in [2.05, 4.69) is 51.3 Å². The fourth-order valence-electron chi connectivity index (χ4n) is 4.48. The molecule has 0 bridgehead atoms. The van der Waals surface area contributed by atoms with Crippen LogP contribution in [-0.4, -0.2) is 51.1 Å². The van der Waals surface area contributed by atoms with Crippen molar-refractivity contribution in [2.75, 3.05) is 25.0 Å². The molecule has 1 fully saturated rings. The van der Waals surface area contributed by atoms with Gasteiger partial charge in [-0.3, -0.25) is 4.90 Å². The van der Waals surface area contributed by atoms with Crippen LogP contribution in [0.5, 0.6) is 0 Å². The van der Waals surface area contributed by atoms with Crippen molar-refractivity contribution in [3.05, 3.63) is 29.2 Å². The summed E-state index contributed by atoms with van der Waals surface area (Å²) in [6.45, 7) is 9.67. The Morgan fingerprint density at radius 1 is 1.32 bits per heavy atom. The van der Waals surface area contributed by atoms with E-state index in [1.807, 2.05) is 0 Å². The van der Waals surface area contributed by atoms with Crippen LogP contribution in [-0.2, 0) is 19.1 Å². The van der Waals surface area contributed by atoms with Gasteiger partial charge in [0, 0.05) is 48.3 Å². The first-order chi connectivity index (χ1) is 14.7. The zero-order valence-corrected chi connectivity index (χ0v) is 18.4. The van der Waals surface area contributed by atoms with Crippen molar-refractivity contribution in [3.63, 3.8) is 0 Å². The average Bonchev–Trinajstić information content (AvgIpc) is 2.98. The number of rotatable bonds is 4. The lowest BCUT2D eigenvalue weighted by Crippen LogP contribution is -2.50. The highest BCUT2D eigenvalue weighted by Crippen LogP contribution is 2.39. The van der Waals surface area contributed by atoms with E-state index in [0.717, 1.165) is 62.8 Å². The maximum atomic E-state index is 13.8. The second-order valence-electron chi connectivity index (χ2n) is 9.23. The summed E-state index contributed by atoms with van der Waals surface area (Å²) in [5.74, 6) is 0.244. The van der Waals surface area contributed by atoms with Gasteiger partial charge < -0.3 is 15.6 Å². The van der Waals surface area contributed by atoms with E-state index in [9.17, 15) is 13.2 Å². The van der Waals surface area contributed by atoms with Crippen molar-refractivity contribution in [2.45, 2.75) is 70.8 Å². The molecule has 2 aromatic rings. The minimum atomic E-state index is -4.52. The van der Waals surface area contributed by atoms with E-state index in [1.165, 1.54) is 0 Å². The minimum Gasteiger partial charge on any atom is -0.363 e. The van der Waals surface area contributed by atoms with Crippen LogP contribution in [0.3, 0.4) is 0 Å². The standard InChI is InChI=1S/C22H31F3N6/c1-4-31-9-5-6-15-16(11-26-18(15)13-31)19-17(22(23,24)25)12-27-20(30-19)29-14-7-8-21(2,3)28-10-14/h11-12,14,26,28H,4-10,13H2,1-3H3,(H,27,29,30). The van der Waals surface area contributed by atoms with Crippen LogP contribution in [0, 0.1) is 0 Å². The third-order valence-electron chi connectivity index (χ3n) is 6.44. The average molecular weight is 437 g/mol. The molecule has 1 saturated heterocycles. The summed E-state index contributed by atoms with van der Waals surface area (Å²) in [5, 5.41) is 6.69. The van der Waals surface area contributed by atoms with E-state index in [-0.39, 0.29) is 23.2 Å². The first kappa shape index (κ1) is 22.1. The van der Waals surface area contributed by atoms with Gasteiger partial charge in [-0.15, -0.1) is 0 Å². The number of fused-ring (bicyclic) bond motifs is 1. The normalized spacial score (nSPS) is 22.1. The van der Waals surface area contributed by atoms with E-state index in [4.69, 9.17) is 0 Å². The molecule has 2 aliphatic rings. The Morgan fingerprint density at radius 3 is 2.81 bits per heavy atom. The molecular formula is C22H31F3N6. The summed E-state index contributed by atoms with van der Waals surface area (Å²) >= 11 is 0. The molecule has 4 heterocycles. The van der Waals surface area contributed by atoms with Crippen LogP contribution in [0.4, 0.5) is 19.1 Å². The van der Waals surface area contributed by atoms with Gasteiger partial charge in [0.25, 0.3) is 0 Å². The molecule has 2 aliphatic heterocycles. The summed E-state index contributed by atoms with van der Waals surface area (Å²) in [6, 6.07) is 0.0825. The quantitative estimate of drug-likeness (QED) is 0.670. The summed E-state index contributed by atoms with van der Waals surface area (Å²) in [6.07, 6.45) is 1.59. The largest absolute Gasteiger partial charge is 0.419 e. The summed E-state index contributed by atoms with van der Waals surface area (Å²) in [4.78, 5) is 13.9. The number of alkyl halides is 3. The topological polar surface area (TPSA) is 68.9 Å². The molecular weight excluding hydrogens is 405 g/mol. The molecule has 9 heteroatoms. The van der Waals surface area contributed by atoms with E-state index in [1.54, 1.807) is 6.20 Å². The molecule has 4 rings (SSSR count). The molecule has 0 aromatic carbocycles. The van der Waals surface area contributed by atoms with Crippen molar-refractivity contribution in [1.29, 1.82) is 0 Å². The number of H-pyrrole nitrogens is 1. The molecule has 6 nitrogen and oxygen atoms in total. The molecule has 1 unspecified atom stereocenters. The fourth-order valence-corrected chi connectivity index (χ4v) is 4.48. The molecule has 0 spiro atoms. The number of aromatic nitrogens is 3. The van der Waals surface area contributed by atoms with Gasteiger partial charge in [0.05, 0.1) is 5.69 Å². The monoisotopic (exact) mass is 436 g/mol. The highest BCUT2D eigenvalue weighted by molar-refractivity contribution is 5.69. The molecule has 0 amide bonds. The zero-order chi connectivity index (χ0) is 22.2. The SMILES string of the molecule is CCN1CCCc2c(-c3nc(NC4CCC(C)(C)NC4)ncc3C(F)(F)F)c[nH]c2C1. The van der Waals surface area contributed by atoms with E-state index >= 15 is 0 Å². The van der Waals surface area contributed by atoms with Gasteiger partial charge in [0.2, 0.25) is 5.95 Å². The summed E-state index contributed by atoms with van der Waals surface area (Å²) < 4.78 is 41.4. The highest BCUT2D eigenvalue weighted by Gasteiger charge is 2.37. The predicted octanol–water partition coefficient (Wildman–Crippen LogP) is 4.20. The molecule has 3 N–H and O–H groups in total. The van der Waals surface area contributed by atoms with Crippen LogP contribution in [0.2, 0.25) is 0 Å². The number of piperidine rings is 1. The van der Waals surface area contributed by atoms with Gasteiger partial charge in [0.15, 0.2) is 0 Å². The zero-order valence-electron chi connectivity index (χ0n) is 18.4. The van der Waals surface area contributed by atoms with Crippen molar-refractivity contribution < 1.29 is 13.2 Å². The number of halogens is 3. The lowest BCUT2D eigenvalue weighted by Gasteiger charge is -2.36. The first-order valence-electron chi connectivity index (χ1n) is 11.0. The van der Waals surface area contributed by atoms with Crippen LogP contribution >= 0.6 is 0 Å². The molecule has 0 radical (unpaired) electrons. The third-order valence-corrected chi connectivity index (χ3v) is 6.44. The van der Waals surface area contributed by atoms with Crippen LogP contribution in [0.25, 0.3) is 11.3 Å². The second-order valence-corrected chi connectivity index (χ2v) is 9.23. The summed E-state index contributed by atoms with van der Waals surface area (Å²) in [5.41, 5.74) is 1.69. The number of hydrogen-bond donors (Lipinski definition) is 3. The summed E-state index contributed by atoms with van der Waals surface area (Å²) in [7, 11) is 0. The molecule has 170 valence electrons. The van der Waals surface area contributed by atoms with Crippen molar-refractivity contribution >= 4 is 5.95 Å². The van der Waals surface area contributed by atoms with Gasteiger partial charge in [-0.2, -0.15) is 13.2 Å². The predicted molar refractivity (Wildman–Crippen MR) is 115 cm³/mol. The van der Waals surface area contributed by atoms with Gasteiger partial charge in [-0.05, 0) is 58.2 Å². The number of aromatic amines is 1. The Labute approximate surface area is 181 Å². The Bertz CT molecular complexity index is 910. The molecule has 1 atom stereocenters. The molecule has 0 aliphatic carbocycles. The first-order valence-corrected chi connectivity index (χ1v) is 11.0. The van der Waals surface area contributed by atoms with Crippen molar-refractivity contribution in [1.82, 2.24) is 25.2 Å². The van der Waals surface area contributed by atoms with Gasteiger partial charge in [-0.25, -0.2) is 9.97 Å². The third kappa shape index (κ3) is 4.87. The van der Waals surface area contributed by atoms with Crippen LogP contribution in [0.1, 0.15) is 56.9 Å². The molecule has 2 aromatic heterocycles. The maximum Gasteiger partial charge on any atom is 0.419 e. The Balaban J connectivity index is 1.66. The number of nitrogens with zero attached hydrogens (tertiary/aromatic N) is 3. The smallest absolute Gasteiger partial charge is 0.363 e. The highest BCUT2D eigenvalue weighted by atomic mass is 19.4. The van der Waals surface area contributed by atoms with Gasteiger partial charge in [0.1, 0.15) is 5.56 Å². The van der Waals surface area contributed by atoms with Crippen LogP contribution < -0.4 is 10.6 Å². The minimum absolute atomic E-state index is 0.0449. The second kappa shape index (κ2) is 8.43. The molecule has 31 heavy (non-hydrogen) atoms. The number of hydrogen-bond acceptors (Lipinski definition) is 5. The lowest BCUT2D eigenvalue weighted by molar-refractivity contribution is -0.137. The molecule has 0 saturated carbocycles.